The van der Waals surface area contributed by atoms with E-state index in [0.717, 1.165) is 60.5 Å². The number of aromatic amines is 1. The molecule has 1 aliphatic heterocycles. The summed E-state index contributed by atoms with van der Waals surface area (Å²) >= 11 is 6.73. The maximum absolute atomic E-state index is 16.0. The number of fused-ring (bicyclic) bond motifs is 1. The molecule has 0 spiro atoms. The number of hydrogen-bond acceptors (Lipinski definition) is 3. The Kier molecular flexibility index (Phi) is 5.92. The van der Waals surface area contributed by atoms with Gasteiger partial charge in [-0.25, -0.2) is 4.39 Å². The average molecular weight is 506 g/mol. The quantitative estimate of drug-likeness (QED) is 0.328. The fourth-order valence-corrected chi connectivity index (χ4v) is 6.88. The van der Waals surface area contributed by atoms with E-state index in [2.05, 4.69) is 46.1 Å². The van der Waals surface area contributed by atoms with Crippen LogP contribution in [0.15, 0.2) is 42.7 Å². The Balaban J connectivity index is 1.37. The van der Waals surface area contributed by atoms with Crippen molar-refractivity contribution >= 4 is 22.5 Å². The van der Waals surface area contributed by atoms with Crippen molar-refractivity contribution in [2.75, 3.05) is 13.1 Å². The van der Waals surface area contributed by atoms with Crippen LogP contribution < -0.4 is 0 Å². The summed E-state index contributed by atoms with van der Waals surface area (Å²) in [6.07, 6.45) is 6.25. The van der Waals surface area contributed by atoms with E-state index >= 15 is 4.39 Å². The van der Waals surface area contributed by atoms with Gasteiger partial charge in [-0.15, -0.1) is 10.2 Å². The summed E-state index contributed by atoms with van der Waals surface area (Å²) in [5.41, 5.74) is 3.80. The van der Waals surface area contributed by atoms with Crippen LogP contribution in [-0.2, 0) is 19.0 Å². The summed E-state index contributed by atoms with van der Waals surface area (Å²) in [6.45, 7) is 7.51. The molecule has 7 heteroatoms. The van der Waals surface area contributed by atoms with Crippen LogP contribution in [0.4, 0.5) is 4.39 Å². The third-order valence-corrected chi connectivity index (χ3v) is 8.57. The molecule has 1 saturated carbocycles. The summed E-state index contributed by atoms with van der Waals surface area (Å²) in [6, 6.07) is 12.0. The molecule has 2 aliphatic rings. The fraction of sp³-hybridized carbons (Fsp3) is 0.448. The van der Waals surface area contributed by atoms with Crippen LogP contribution in [0.2, 0.25) is 5.02 Å². The molecule has 6 rings (SSSR count). The zero-order valence-electron chi connectivity index (χ0n) is 21.2. The lowest BCUT2D eigenvalue weighted by molar-refractivity contribution is 0.175. The van der Waals surface area contributed by atoms with E-state index in [9.17, 15) is 0 Å². The molecule has 0 unspecified atom stereocenters. The zero-order chi connectivity index (χ0) is 25.0. The van der Waals surface area contributed by atoms with Crippen LogP contribution in [0.3, 0.4) is 0 Å². The minimum absolute atomic E-state index is 0.198. The lowest BCUT2D eigenvalue weighted by atomic mass is 9.58. The smallest absolute Gasteiger partial charge is 0.155 e. The number of nitrogens with zero attached hydrogens (tertiary/aromatic N) is 4. The maximum Gasteiger partial charge on any atom is 0.155 e. The topological polar surface area (TPSA) is 49.7 Å². The van der Waals surface area contributed by atoms with E-state index in [4.69, 9.17) is 11.6 Å². The average Bonchev–Trinajstić information content (AvgIpc) is 3.46. The standard InChI is InChI=1S/C29H33ClFN5/c1-18-6-5-9-36(15-18)16-22-11-24-25(30)12-23(26(31)27(24)33-22)20-7-4-8-21(10-20)29(13-19(2)14-29)28-34-32-17-35(28)3/h4,7-8,10-12,17-19,33H,5-6,9,13-16H2,1-3H3/t18-,19?,29?/m0/s1. The molecule has 188 valence electrons. The second-order valence-corrected chi connectivity index (χ2v) is 11.6. The minimum Gasteiger partial charge on any atom is -0.355 e. The molecule has 0 bridgehead atoms. The molecule has 0 amide bonds. The molecule has 1 atom stereocenters. The van der Waals surface area contributed by atoms with E-state index < -0.39 is 0 Å². The molecular weight excluding hydrogens is 473 g/mol. The van der Waals surface area contributed by atoms with Crippen molar-refractivity contribution in [2.24, 2.45) is 18.9 Å². The molecule has 36 heavy (non-hydrogen) atoms. The van der Waals surface area contributed by atoms with Crippen LogP contribution in [0, 0.1) is 17.7 Å². The van der Waals surface area contributed by atoms with Gasteiger partial charge in [0.05, 0.1) is 16.0 Å². The van der Waals surface area contributed by atoms with Gasteiger partial charge in [0.2, 0.25) is 0 Å². The third kappa shape index (κ3) is 3.95. The third-order valence-electron chi connectivity index (χ3n) is 8.25. The zero-order valence-corrected chi connectivity index (χ0v) is 21.9. The van der Waals surface area contributed by atoms with Gasteiger partial charge in [0, 0.05) is 36.8 Å². The van der Waals surface area contributed by atoms with Crippen molar-refractivity contribution in [3.63, 3.8) is 0 Å². The van der Waals surface area contributed by atoms with Gasteiger partial charge in [0.25, 0.3) is 0 Å². The largest absolute Gasteiger partial charge is 0.355 e. The van der Waals surface area contributed by atoms with Gasteiger partial charge < -0.3 is 9.55 Å². The normalized spacial score (nSPS) is 24.8. The Hall–Kier alpha value is -2.70. The first-order valence-electron chi connectivity index (χ1n) is 13.0. The highest BCUT2D eigenvalue weighted by atomic mass is 35.5. The van der Waals surface area contributed by atoms with Crippen LogP contribution in [0.1, 0.15) is 56.6 Å². The Morgan fingerprint density at radius 3 is 2.72 bits per heavy atom. The van der Waals surface area contributed by atoms with Gasteiger partial charge >= 0.3 is 0 Å². The highest BCUT2D eigenvalue weighted by Crippen LogP contribution is 2.52. The molecule has 0 radical (unpaired) electrons. The number of H-pyrrole nitrogens is 1. The second kappa shape index (κ2) is 9.00. The van der Waals surface area contributed by atoms with Gasteiger partial charge in [-0.05, 0) is 67.3 Å². The summed E-state index contributed by atoms with van der Waals surface area (Å²) in [7, 11) is 1.99. The lowest BCUT2D eigenvalue weighted by Gasteiger charge is -2.46. The van der Waals surface area contributed by atoms with Gasteiger partial charge in [-0.3, -0.25) is 4.90 Å². The number of aryl methyl sites for hydroxylation is 1. The highest BCUT2D eigenvalue weighted by molar-refractivity contribution is 6.35. The first-order chi connectivity index (χ1) is 17.3. The van der Waals surface area contributed by atoms with Crippen molar-refractivity contribution in [1.29, 1.82) is 0 Å². The number of rotatable bonds is 5. The van der Waals surface area contributed by atoms with Crippen molar-refractivity contribution in [2.45, 2.75) is 51.5 Å². The Labute approximate surface area is 216 Å². The molecule has 5 nitrogen and oxygen atoms in total. The van der Waals surface area contributed by atoms with Crippen molar-refractivity contribution in [1.82, 2.24) is 24.6 Å². The summed E-state index contributed by atoms with van der Waals surface area (Å²) in [5, 5.41) is 9.92. The predicted molar refractivity (Wildman–Crippen MR) is 143 cm³/mol. The molecule has 1 saturated heterocycles. The molecule has 1 aliphatic carbocycles. The van der Waals surface area contributed by atoms with Crippen LogP contribution in [-0.4, -0.2) is 37.7 Å². The first-order valence-corrected chi connectivity index (χ1v) is 13.4. The number of likely N-dealkylation sites (tertiary alicyclic amines) is 1. The molecule has 2 aromatic heterocycles. The summed E-state index contributed by atoms with van der Waals surface area (Å²) < 4.78 is 18.0. The second-order valence-electron chi connectivity index (χ2n) is 11.2. The maximum atomic E-state index is 16.0. The van der Waals surface area contributed by atoms with Crippen LogP contribution in [0.5, 0.6) is 0 Å². The summed E-state index contributed by atoms with van der Waals surface area (Å²) in [4.78, 5) is 5.80. The molecule has 2 fully saturated rings. The number of aromatic nitrogens is 4. The Morgan fingerprint density at radius 2 is 2.00 bits per heavy atom. The van der Waals surface area contributed by atoms with E-state index in [0.29, 0.717) is 27.9 Å². The van der Waals surface area contributed by atoms with Crippen LogP contribution >= 0.6 is 11.6 Å². The Bertz CT molecular complexity index is 1420. The molecule has 4 aromatic rings. The highest BCUT2D eigenvalue weighted by Gasteiger charge is 2.48. The number of piperidine rings is 1. The SMILES string of the molecule is CC1CC(c2cccc(-c3cc(Cl)c4cc(CN5CCC[C@H](C)C5)[nH]c4c3F)c2)(c2nncn2C)C1. The number of benzene rings is 2. The van der Waals surface area contributed by atoms with E-state index in [-0.39, 0.29) is 11.2 Å². The van der Waals surface area contributed by atoms with Gasteiger partial charge in [0.1, 0.15) is 12.2 Å². The lowest BCUT2D eigenvalue weighted by Crippen LogP contribution is -2.43. The number of nitrogens with one attached hydrogen (secondary N) is 1. The van der Waals surface area contributed by atoms with Crippen LogP contribution in [0.25, 0.3) is 22.0 Å². The van der Waals surface area contributed by atoms with Crippen molar-refractivity contribution < 1.29 is 4.39 Å². The summed E-state index contributed by atoms with van der Waals surface area (Å²) in [5.74, 6) is 2.02. The van der Waals surface area contributed by atoms with E-state index in [1.54, 1.807) is 12.4 Å². The molecule has 1 N–H and O–H groups in total. The predicted octanol–water partition coefficient (Wildman–Crippen LogP) is 6.70. The monoisotopic (exact) mass is 505 g/mol. The number of halogens is 2. The van der Waals surface area contributed by atoms with Gasteiger partial charge in [-0.1, -0.05) is 49.7 Å². The molecular formula is C29H33ClFN5. The van der Waals surface area contributed by atoms with Gasteiger partial charge in [-0.2, -0.15) is 0 Å². The van der Waals surface area contributed by atoms with E-state index in [1.165, 1.54) is 12.8 Å². The fourth-order valence-electron chi connectivity index (χ4n) is 6.62. The van der Waals surface area contributed by atoms with Gasteiger partial charge in [0.15, 0.2) is 5.82 Å². The van der Waals surface area contributed by atoms with E-state index in [1.807, 2.05) is 29.8 Å². The Morgan fingerprint density at radius 1 is 1.17 bits per heavy atom. The first kappa shape index (κ1) is 23.7. The van der Waals surface area contributed by atoms with Crippen molar-refractivity contribution in [3.05, 3.63) is 70.6 Å². The van der Waals surface area contributed by atoms with Crippen molar-refractivity contribution in [3.8, 4) is 11.1 Å². The molecule has 2 aromatic carbocycles. The number of hydrogen-bond donors (Lipinski definition) is 1. The minimum atomic E-state index is -0.250. The molecule has 3 heterocycles.